The van der Waals surface area contributed by atoms with Gasteiger partial charge in [0.1, 0.15) is 5.01 Å². The fourth-order valence-corrected chi connectivity index (χ4v) is 4.03. The zero-order valence-electron chi connectivity index (χ0n) is 14.1. The Labute approximate surface area is 151 Å². The molecule has 0 radical (unpaired) electrons. The van der Waals surface area contributed by atoms with Crippen LogP contribution in [0.1, 0.15) is 23.2 Å². The Morgan fingerprint density at radius 2 is 2.20 bits per heavy atom. The van der Waals surface area contributed by atoms with Crippen molar-refractivity contribution in [3.05, 3.63) is 64.8 Å². The summed E-state index contributed by atoms with van der Waals surface area (Å²) >= 11 is 1.53. The molecule has 2 aromatic heterocycles. The zero-order chi connectivity index (χ0) is 17.2. The molecule has 0 bridgehead atoms. The first-order valence-corrected chi connectivity index (χ1v) is 9.34. The van der Waals surface area contributed by atoms with Crippen LogP contribution in [0.4, 0.5) is 5.69 Å². The summed E-state index contributed by atoms with van der Waals surface area (Å²) in [5.74, 6) is 0.114. The monoisotopic (exact) mass is 349 g/mol. The number of carbonyl (C=O) groups is 1. The number of amides is 1. The van der Waals surface area contributed by atoms with Crippen LogP contribution in [0, 0.1) is 6.92 Å². The van der Waals surface area contributed by atoms with E-state index in [0.717, 1.165) is 41.5 Å². The van der Waals surface area contributed by atoms with E-state index < -0.39 is 0 Å². The second kappa shape index (κ2) is 6.76. The van der Waals surface area contributed by atoms with E-state index in [-0.39, 0.29) is 5.91 Å². The van der Waals surface area contributed by atoms with E-state index in [2.05, 4.69) is 35.1 Å². The fourth-order valence-electron chi connectivity index (χ4n) is 3.23. The van der Waals surface area contributed by atoms with Gasteiger partial charge in [-0.3, -0.25) is 9.78 Å². The van der Waals surface area contributed by atoms with Gasteiger partial charge in [0.25, 0.3) is 0 Å². The predicted octanol–water partition coefficient (Wildman–Crippen LogP) is 4.04. The standard InChI is InChI=1S/C20H19N3OS/c1-14-7-8-18-15(11-14)5-4-10-23(18)19(24)12-16-13-25-20(22-16)17-6-2-3-9-21-17/h2-3,6-9,11,13H,4-5,10,12H2,1H3. The Balaban J connectivity index is 1.53. The number of carbonyl (C=O) groups excluding carboxylic acids is 1. The molecule has 3 aromatic rings. The highest BCUT2D eigenvalue weighted by molar-refractivity contribution is 7.13. The number of nitrogens with zero attached hydrogens (tertiary/aromatic N) is 3. The molecule has 1 amide bonds. The SMILES string of the molecule is Cc1ccc2c(c1)CCCN2C(=O)Cc1csc(-c2ccccn2)n1. The van der Waals surface area contributed by atoms with Gasteiger partial charge in [-0.05, 0) is 43.5 Å². The lowest BCUT2D eigenvalue weighted by molar-refractivity contribution is -0.118. The number of anilines is 1. The van der Waals surface area contributed by atoms with Gasteiger partial charge in [0.2, 0.25) is 5.91 Å². The van der Waals surface area contributed by atoms with Crippen LogP contribution in [0.15, 0.2) is 48.0 Å². The Bertz CT molecular complexity index is 904. The van der Waals surface area contributed by atoms with Crippen molar-refractivity contribution in [3.8, 4) is 10.7 Å². The number of aryl methyl sites for hydroxylation is 2. The van der Waals surface area contributed by atoms with E-state index in [4.69, 9.17) is 0 Å². The number of hydrogen-bond donors (Lipinski definition) is 0. The molecule has 5 heteroatoms. The minimum Gasteiger partial charge on any atom is -0.312 e. The zero-order valence-corrected chi connectivity index (χ0v) is 14.9. The Kier molecular flexibility index (Phi) is 4.32. The van der Waals surface area contributed by atoms with Gasteiger partial charge in [-0.15, -0.1) is 11.3 Å². The predicted molar refractivity (Wildman–Crippen MR) is 101 cm³/mol. The average molecular weight is 349 g/mol. The van der Waals surface area contributed by atoms with Crippen LogP contribution in [-0.2, 0) is 17.6 Å². The molecular formula is C20H19N3OS. The molecule has 0 saturated heterocycles. The van der Waals surface area contributed by atoms with Crippen molar-refractivity contribution in [3.63, 3.8) is 0 Å². The van der Waals surface area contributed by atoms with E-state index in [0.29, 0.717) is 6.42 Å². The topological polar surface area (TPSA) is 46.1 Å². The number of hydrogen-bond acceptors (Lipinski definition) is 4. The van der Waals surface area contributed by atoms with Gasteiger partial charge in [-0.1, -0.05) is 23.8 Å². The number of benzene rings is 1. The van der Waals surface area contributed by atoms with Crippen LogP contribution < -0.4 is 4.90 Å². The summed E-state index contributed by atoms with van der Waals surface area (Å²) in [7, 11) is 0. The highest BCUT2D eigenvalue weighted by atomic mass is 32.1. The van der Waals surface area contributed by atoms with Crippen LogP contribution in [0.25, 0.3) is 10.7 Å². The summed E-state index contributed by atoms with van der Waals surface area (Å²) in [6.45, 7) is 2.88. The molecule has 4 rings (SSSR count). The minimum atomic E-state index is 0.114. The van der Waals surface area contributed by atoms with Crippen molar-refractivity contribution in [1.82, 2.24) is 9.97 Å². The molecule has 0 unspecified atom stereocenters. The molecule has 0 saturated carbocycles. The van der Waals surface area contributed by atoms with Crippen LogP contribution in [0.2, 0.25) is 0 Å². The third kappa shape index (κ3) is 3.33. The largest absolute Gasteiger partial charge is 0.312 e. The minimum absolute atomic E-state index is 0.114. The molecule has 0 N–H and O–H groups in total. The Hall–Kier alpha value is -2.53. The summed E-state index contributed by atoms with van der Waals surface area (Å²) in [6.07, 6.45) is 4.14. The van der Waals surface area contributed by atoms with Crippen LogP contribution in [-0.4, -0.2) is 22.4 Å². The van der Waals surface area contributed by atoms with Gasteiger partial charge >= 0.3 is 0 Å². The maximum absolute atomic E-state index is 12.8. The van der Waals surface area contributed by atoms with Crippen LogP contribution in [0.5, 0.6) is 0 Å². The molecule has 3 heterocycles. The third-order valence-corrected chi connectivity index (χ3v) is 5.34. The van der Waals surface area contributed by atoms with Crippen molar-refractivity contribution in [2.45, 2.75) is 26.2 Å². The molecule has 1 aliphatic heterocycles. The van der Waals surface area contributed by atoms with E-state index in [1.807, 2.05) is 28.5 Å². The highest BCUT2D eigenvalue weighted by Gasteiger charge is 2.23. The van der Waals surface area contributed by atoms with Crippen molar-refractivity contribution in [2.24, 2.45) is 0 Å². The first kappa shape index (κ1) is 16.0. The summed E-state index contributed by atoms with van der Waals surface area (Å²) in [5, 5.41) is 2.82. The number of pyridine rings is 1. The normalized spacial score (nSPS) is 13.6. The van der Waals surface area contributed by atoms with Crippen LogP contribution >= 0.6 is 11.3 Å². The molecule has 126 valence electrons. The van der Waals surface area contributed by atoms with Crippen molar-refractivity contribution < 1.29 is 4.79 Å². The molecular weight excluding hydrogens is 330 g/mol. The van der Waals surface area contributed by atoms with Crippen molar-refractivity contribution in [2.75, 3.05) is 11.4 Å². The maximum Gasteiger partial charge on any atom is 0.233 e. The lowest BCUT2D eigenvalue weighted by Gasteiger charge is -2.29. The van der Waals surface area contributed by atoms with Crippen LogP contribution in [0.3, 0.4) is 0 Å². The van der Waals surface area contributed by atoms with Gasteiger partial charge in [0.05, 0.1) is 17.8 Å². The molecule has 0 atom stereocenters. The van der Waals surface area contributed by atoms with E-state index >= 15 is 0 Å². The first-order chi connectivity index (χ1) is 12.2. The first-order valence-electron chi connectivity index (χ1n) is 8.46. The summed E-state index contributed by atoms with van der Waals surface area (Å²) in [4.78, 5) is 23.7. The Morgan fingerprint density at radius 3 is 3.04 bits per heavy atom. The van der Waals surface area contributed by atoms with E-state index in [1.165, 1.54) is 22.5 Å². The molecule has 0 fully saturated rings. The van der Waals surface area contributed by atoms with Gasteiger partial charge in [-0.25, -0.2) is 4.98 Å². The summed E-state index contributed by atoms with van der Waals surface area (Å²) in [6, 6.07) is 12.1. The molecule has 0 spiro atoms. The molecule has 1 aliphatic rings. The number of thiazole rings is 1. The van der Waals surface area contributed by atoms with E-state index in [1.54, 1.807) is 6.20 Å². The number of aromatic nitrogens is 2. The van der Waals surface area contributed by atoms with Gasteiger partial charge < -0.3 is 4.90 Å². The van der Waals surface area contributed by atoms with Gasteiger partial charge in [-0.2, -0.15) is 0 Å². The fraction of sp³-hybridized carbons (Fsp3) is 0.250. The Morgan fingerprint density at radius 1 is 1.28 bits per heavy atom. The third-order valence-electron chi connectivity index (χ3n) is 4.42. The highest BCUT2D eigenvalue weighted by Crippen LogP contribution is 2.29. The molecule has 0 aliphatic carbocycles. The average Bonchev–Trinajstić information content (AvgIpc) is 3.10. The maximum atomic E-state index is 12.8. The quantitative estimate of drug-likeness (QED) is 0.717. The lowest BCUT2D eigenvalue weighted by atomic mass is 9.99. The van der Waals surface area contributed by atoms with E-state index in [9.17, 15) is 4.79 Å². The summed E-state index contributed by atoms with van der Waals surface area (Å²) in [5.41, 5.74) is 5.24. The molecule has 1 aromatic carbocycles. The summed E-state index contributed by atoms with van der Waals surface area (Å²) < 4.78 is 0. The second-order valence-corrected chi connectivity index (χ2v) is 7.17. The molecule has 4 nitrogen and oxygen atoms in total. The molecule has 25 heavy (non-hydrogen) atoms. The van der Waals surface area contributed by atoms with Gasteiger partial charge in [0, 0.05) is 23.8 Å². The van der Waals surface area contributed by atoms with Gasteiger partial charge in [0.15, 0.2) is 0 Å². The van der Waals surface area contributed by atoms with Crippen molar-refractivity contribution >= 4 is 22.9 Å². The smallest absolute Gasteiger partial charge is 0.233 e. The number of rotatable bonds is 3. The number of fused-ring (bicyclic) bond motifs is 1. The lowest BCUT2D eigenvalue weighted by Crippen LogP contribution is -2.36. The van der Waals surface area contributed by atoms with Crippen molar-refractivity contribution in [1.29, 1.82) is 0 Å². The second-order valence-electron chi connectivity index (χ2n) is 6.32.